The molecule has 0 aliphatic rings. The van der Waals surface area contributed by atoms with Gasteiger partial charge in [0.25, 0.3) is 5.56 Å². The van der Waals surface area contributed by atoms with Crippen molar-refractivity contribution in [3.8, 4) is 11.1 Å². The van der Waals surface area contributed by atoms with E-state index in [-0.39, 0.29) is 22.6 Å². The maximum Gasteiger partial charge on any atom is 0.325 e. The van der Waals surface area contributed by atoms with Crippen LogP contribution in [-0.4, -0.2) is 14.5 Å². The Balaban J connectivity index is 1.76. The number of nitrogens with zero attached hydrogens (tertiary/aromatic N) is 2. The van der Waals surface area contributed by atoms with Crippen LogP contribution in [0.2, 0.25) is 5.02 Å². The Bertz CT molecular complexity index is 1560. The van der Waals surface area contributed by atoms with Gasteiger partial charge in [0.2, 0.25) is 5.56 Å². The van der Waals surface area contributed by atoms with Gasteiger partial charge in [-0.25, -0.2) is 9.18 Å². The third-order valence-electron chi connectivity index (χ3n) is 5.86. The summed E-state index contributed by atoms with van der Waals surface area (Å²) in [6.07, 6.45) is 2.98. The molecule has 2 aromatic heterocycles. The van der Waals surface area contributed by atoms with Crippen LogP contribution in [0.15, 0.2) is 86.6 Å². The number of nitrogens with one attached hydrogen (secondary N) is 2. The second-order valence-corrected chi connectivity index (χ2v) is 8.53. The van der Waals surface area contributed by atoms with Crippen LogP contribution in [0.4, 0.5) is 4.39 Å². The molecule has 2 atom stereocenters. The lowest BCUT2D eigenvalue weighted by atomic mass is 9.84. The molecule has 2 N–H and O–H groups in total. The van der Waals surface area contributed by atoms with E-state index in [1.807, 2.05) is 0 Å². The molecule has 0 fully saturated rings. The molecule has 4 aromatic rings. The first-order valence-electron chi connectivity index (χ1n) is 10.6. The highest BCUT2D eigenvalue weighted by Crippen LogP contribution is 2.37. The normalized spacial score (nSPS) is 12.8. The third kappa shape index (κ3) is 5.20. The van der Waals surface area contributed by atoms with Crippen molar-refractivity contribution >= 4 is 11.6 Å². The first-order valence-corrected chi connectivity index (χ1v) is 11.0. The Kier molecular flexibility index (Phi) is 6.88. The molecule has 2 aromatic carbocycles. The van der Waals surface area contributed by atoms with Crippen molar-refractivity contribution in [2.75, 3.05) is 0 Å². The fourth-order valence-electron chi connectivity index (χ4n) is 4.02. The number of nitroso groups, excluding NO2 is 1. The SMILES string of the molecule is Cn1cc(C(CC(c2ccc(-c3c[nH]c(=O)[nH]c3=O)cc2)c2ccc(Cl)cc2F)N=O)ccc1=O. The van der Waals surface area contributed by atoms with Crippen LogP contribution in [0.25, 0.3) is 11.1 Å². The monoisotopic (exact) mass is 494 g/mol. The molecule has 0 spiro atoms. The predicted molar refractivity (Wildman–Crippen MR) is 131 cm³/mol. The predicted octanol–water partition coefficient (Wildman–Crippen LogP) is 4.25. The highest BCUT2D eigenvalue weighted by molar-refractivity contribution is 6.30. The van der Waals surface area contributed by atoms with Gasteiger partial charge in [-0.15, -0.1) is 0 Å². The van der Waals surface area contributed by atoms with Gasteiger partial charge in [0.1, 0.15) is 11.9 Å². The van der Waals surface area contributed by atoms with Crippen molar-refractivity contribution < 1.29 is 4.39 Å². The minimum Gasteiger partial charge on any atom is -0.318 e. The standard InChI is InChI=1S/C25H20ClFN4O4/c1-31-13-16(6-9-23(31)32)22(30-35)11-19(18-8-7-17(26)10-21(18)27)14-2-4-15(5-3-14)20-12-28-25(34)29-24(20)33/h2-10,12-13,19,22H,11H2,1H3,(H2,28,29,33,34). The van der Waals surface area contributed by atoms with Gasteiger partial charge in [-0.05, 0) is 46.9 Å². The average Bonchev–Trinajstić information content (AvgIpc) is 2.83. The Hall–Kier alpha value is -4.11. The molecule has 0 aliphatic carbocycles. The largest absolute Gasteiger partial charge is 0.325 e. The number of aromatic amines is 2. The first kappa shape index (κ1) is 24.0. The van der Waals surface area contributed by atoms with Crippen LogP contribution in [-0.2, 0) is 7.05 Å². The molecule has 2 heterocycles. The number of hydrogen-bond donors (Lipinski definition) is 2. The summed E-state index contributed by atoms with van der Waals surface area (Å²) in [5.41, 5.74) is 0.954. The summed E-state index contributed by atoms with van der Waals surface area (Å²) >= 11 is 5.94. The number of benzene rings is 2. The lowest BCUT2D eigenvalue weighted by Gasteiger charge is -2.22. The minimum absolute atomic E-state index is 0.124. The molecule has 2 unspecified atom stereocenters. The van der Waals surface area contributed by atoms with Crippen molar-refractivity contribution in [1.29, 1.82) is 0 Å². The van der Waals surface area contributed by atoms with Crippen molar-refractivity contribution in [3.05, 3.63) is 131 Å². The molecule has 0 saturated heterocycles. The molecule has 10 heteroatoms. The summed E-state index contributed by atoms with van der Waals surface area (Å²) in [5.74, 6) is -1.12. The average molecular weight is 495 g/mol. The van der Waals surface area contributed by atoms with E-state index in [9.17, 15) is 23.7 Å². The maximum absolute atomic E-state index is 15.0. The van der Waals surface area contributed by atoms with Crippen LogP contribution < -0.4 is 16.8 Å². The van der Waals surface area contributed by atoms with Crippen molar-refractivity contribution in [3.63, 3.8) is 0 Å². The highest BCUT2D eigenvalue weighted by Gasteiger charge is 2.25. The second kappa shape index (κ2) is 10.0. The lowest BCUT2D eigenvalue weighted by molar-refractivity contribution is 0.549. The zero-order valence-electron chi connectivity index (χ0n) is 18.5. The fourth-order valence-corrected chi connectivity index (χ4v) is 4.18. The molecule has 0 amide bonds. The van der Waals surface area contributed by atoms with E-state index in [2.05, 4.69) is 15.1 Å². The van der Waals surface area contributed by atoms with Gasteiger partial charge in [0.15, 0.2) is 0 Å². The topological polar surface area (TPSA) is 117 Å². The van der Waals surface area contributed by atoms with Crippen LogP contribution in [0.3, 0.4) is 0 Å². The smallest absolute Gasteiger partial charge is 0.318 e. The first-order chi connectivity index (χ1) is 16.8. The van der Waals surface area contributed by atoms with Gasteiger partial charge in [0, 0.05) is 36.4 Å². The van der Waals surface area contributed by atoms with E-state index < -0.39 is 29.0 Å². The number of H-pyrrole nitrogens is 2. The van der Waals surface area contributed by atoms with Gasteiger partial charge in [-0.2, -0.15) is 4.91 Å². The van der Waals surface area contributed by atoms with Gasteiger partial charge in [-0.3, -0.25) is 14.6 Å². The molecular formula is C25H20ClFN4O4. The Morgan fingerprint density at radius 3 is 2.37 bits per heavy atom. The van der Waals surface area contributed by atoms with E-state index in [1.165, 1.54) is 35.2 Å². The Labute approximate surface area is 203 Å². The van der Waals surface area contributed by atoms with Crippen LogP contribution in [0.5, 0.6) is 0 Å². The van der Waals surface area contributed by atoms with E-state index in [0.29, 0.717) is 22.3 Å². The number of halogens is 2. The zero-order chi connectivity index (χ0) is 25.1. The Morgan fingerprint density at radius 2 is 1.74 bits per heavy atom. The molecule has 8 nitrogen and oxygen atoms in total. The maximum atomic E-state index is 15.0. The zero-order valence-corrected chi connectivity index (χ0v) is 19.3. The molecule has 0 radical (unpaired) electrons. The summed E-state index contributed by atoms with van der Waals surface area (Å²) in [6.45, 7) is 0. The summed E-state index contributed by atoms with van der Waals surface area (Å²) < 4.78 is 16.3. The minimum atomic E-state index is -0.858. The Morgan fingerprint density at radius 1 is 1.03 bits per heavy atom. The van der Waals surface area contributed by atoms with Gasteiger partial charge >= 0.3 is 5.69 Å². The fraction of sp³-hybridized carbons (Fsp3) is 0.160. The van der Waals surface area contributed by atoms with Crippen molar-refractivity contribution in [2.24, 2.45) is 12.2 Å². The van der Waals surface area contributed by atoms with E-state index in [0.717, 1.165) is 0 Å². The summed E-state index contributed by atoms with van der Waals surface area (Å²) in [6, 6.07) is 13.2. The van der Waals surface area contributed by atoms with E-state index in [1.54, 1.807) is 43.4 Å². The number of pyridine rings is 1. The van der Waals surface area contributed by atoms with Crippen LogP contribution in [0, 0.1) is 10.7 Å². The number of rotatable bonds is 7. The molecule has 35 heavy (non-hydrogen) atoms. The molecule has 178 valence electrons. The molecule has 0 bridgehead atoms. The number of aryl methyl sites for hydroxylation is 1. The summed E-state index contributed by atoms with van der Waals surface area (Å²) in [5, 5.41) is 3.50. The summed E-state index contributed by atoms with van der Waals surface area (Å²) in [7, 11) is 1.57. The third-order valence-corrected chi connectivity index (χ3v) is 6.10. The highest BCUT2D eigenvalue weighted by atomic mass is 35.5. The second-order valence-electron chi connectivity index (χ2n) is 8.09. The number of aromatic nitrogens is 3. The van der Waals surface area contributed by atoms with Gasteiger partial charge in [-0.1, -0.05) is 47.1 Å². The van der Waals surface area contributed by atoms with Crippen molar-refractivity contribution in [2.45, 2.75) is 18.4 Å². The molecule has 0 saturated carbocycles. The molecule has 4 rings (SSSR count). The molecule has 0 aliphatic heterocycles. The quantitative estimate of drug-likeness (QED) is 0.373. The van der Waals surface area contributed by atoms with E-state index >= 15 is 0 Å². The number of hydrogen-bond acceptors (Lipinski definition) is 5. The van der Waals surface area contributed by atoms with Crippen LogP contribution >= 0.6 is 11.6 Å². The van der Waals surface area contributed by atoms with Crippen LogP contribution in [0.1, 0.15) is 35.1 Å². The van der Waals surface area contributed by atoms with Crippen molar-refractivity contribution in [1.82, 2.24) is 14.5 Å². The van der Waals surface area contributed by atoms with Gasteiger partial charge in [0.05, 0.1) is 5.56 Å². The van der Waals surface area contributed by atoms with Gasteiger partial charge < -0.3 is 9.55 Å². The lowest BCUT2D eigenvalue weighted by Crippen LogP contribution is -2.22. The van der Waals surface area contributed by atoms with E-state index in [4.69, 9.17) is 11.6 Å². The summed E-state index contributed by atoms with van der Waals surface area (Å²) in [4.78, 5) is 51.6. The molecular weight excluding hydrogens is 475 g/mol.